The number of aliphatic hydroxyl groups excluding tert-OH is 1. The third-order valence-corrected chi connectivity index (χ3v) is 0. The maximum Gasteiger partial charge on any atom is 1.00 e. The molecule has 0 aliphatic rings. The van der Waals surface area contributed by atoms with Crippen molar-refractivity contribution in [1.82, 2.24) is 0 Å². The van der Waals surface area contributed by atoms with E-state index in [1.54, 1.807) is 0 Å². The summed E-state index contributed by atoms with van der Waals surface area (Å²) in [5.41, 5.74) is 0. The zero-order chi connectivity index (χ0) is 2.00. The van der Waals surface area contributed by atoms with Gasteiger partial charge in [0.1, 0.15) is 0 Å². The molecule has 0 atom stereocenters. The average molecular weight is 156 g/mol. The Morgan fingerprint density at radius 2 is 1.40 bits per heavy atom. The van der Waals surface area contributed by atoms with Gasteiger partial charge in [-0.2, -0.15) is 0 Å². The van der Waals surface area contributed by atoms with E-state index in [9.17, 15) is 0 Å². The molecule has 0 aliphatic heterocycles. The number of aliphatic hydroxyl groups is 1. The molecule has 1 N–H and O–H groups in total. The van der Waals surface area contributed by atoms with Crippen LogP contribution in [0.2, 0.25) is 0 Å². The van der Waals surface area contributed by atoms with Gasteiger partial charge in [-0.25, -0.2) is 0 Å². The second-order valence-corrected chi connectivity index (χ2v) is 0. The summed E-state index contributed by atoms with van der Waals surface area (Å²) in [6, 6.07) is 0. The molecule has 0 fully saturated rings. The van der Waals surface area contributed by atoms with Crippen LogP contribution in [0.4, 0.5) is 0 Å². The van der Waals surface area contributed by atoms with Crippen LogP contribution in [0.3, 0.4) is 0 Å². The van der Waals surface area contributed by atoms with Gasteiger partial charge >= 0.3 is 29.6 Å². The fourth-order valence-electron chi connectivity index (χ4n) is 0. The van der Waals surface area contributed by atoms with E-state index in [1.807, 2.05) is 0 Å². The molecule has 0 amide bonds. The normalized spacial score (nSPS) is 1.20. The van der Waals surface area contributed by atoms with Crippen molar-refractivity contribution in [3.8, 4) is 0 Å². The summed E-state index contributed by atoms with van der Waals surface area (Å²) in [5, 5.41) is 7.00. The zero-order valence-corrected chi connectivity index (χ0v) is 6.92. The first kappa shape index (κ1) is 29.4. The minimum atomic E-state index is 0. The van der Waals surface area contributed by atoms with Crippen LogP contribution in [-0.2, 0) is 17.1 Å². The quantitative estimate of drug-likeness (QED) is 0.374. The second kappa shape index (κ2) is 41.9. The average Bonchev–Trinajstić information content (AvgIpc) is 1.00. The minimum absolute atomic E-state index is 0. The summed E-state index contributed by atoms with van der Waals surface area (Å²) in [4.78, 5) is 0. The molecule has 0 rings (SSSR count). The molecule has 0 spiro atoms. The van der Waals surface area contributed by atoms with Gasteiger partial charge in [-0.05, 0) is 0 Å². The SMILES string of the molecule is CO.Cl.[Cu].[H-].[Na+]. The number of halogens is 1. The zero-order valence-electron chi connectivity index (χ0n) is 4.16. The summed E-state index contributed by atoms with van der Waals surface area (Å²) >= 11 is 0. The van der Waals surface area contributed by atoms with E-state index in [4.69, 9.17) is 5.11 Å². The van der Waals surface area contributed by atoms with Crippen molar-refractivity contribution < 1.29 is 53.2 Å². The Morgan fingerprint density at radius 1 is 1.40 bits per heavy atom. The third kappa shape index (κ3) is 26.2. The van der Waals surface area contributed by atoms with Crippen molar-refractivity contribution in [3.63, 3.8) is 0 Å². The van der Waals surface area contributed by atoms with Crippen LogP contribution in [0.25, 0.3) is 0 Å². The van der Waals surface area contributed by atoms with Gasteiger partial charge in [-0.15, -0.1) is 12.4 Å². The monoisotopic (exact) mass is 155 g/mol. The van der Waals surface area contributed by atoms with Crippen LogP contribution in [0.1, 0.15) is 1.43 Å². The van der Waals surface area contributed by atoms with Crippen LogP contribution in [0.5, 0.6) is 0 Å². The summed E-state index contributed by atoms with van der Waals surface area (Å²) in [6.45, 7) is 0. The van der Waals surface area contributed by atoms with Crippen LogP contribution < -0.4 is 29.6 Å². The number of rotatable bonds is 0. The van der Waals surface area contributed by atoms with E-state index in [0.717, 1.165) is 7.11 Å². The fraction of sp³-hybridized carbons (Fsp3) is 1.00. The van der Waals surface area contributed by atoms with Crippen LogP contribution >= 0.6 is 12.4 Å². The van der Waals surface area contributed by atoms with E-state index < -0.39 is 0 Å². The van der Waals surface area contributed by atoms with Gasteiger partial charge in [0.15, 0.2) is 0 Å². The molecule has 0 saturated heterocycles. The molecule has 0 bridgehead atoms. The molecule has 5 heavy (non-hydrogen) atoms. The molecule has 4 heteroatoms. The van der Waals surface area contributed by atoms with Crippen molar-refractivity contribution in [2.24, 2.45) is 0 Å². The molecule has 0 aromatic carbocycles. The Hall–Kier alpha value is 1.77. The van der Waals surface area contributed by atoms with Gasteiger partial charge in [0, 0.05) is 24.2 Å². The maximum absolute atomic E-state index is 7.00. The van der Waals surface area contributed by atoms with Crippen LogP contribution in [0.15, 0.2) is 0 Å². The predicted octanol–water partition coefficient (Wildman–Crippen LogP) is -2.86. The van der Waals surface area contributed by atoms with Crippen LogP contribution in [-0.4, -0.2) is 12.2 Å². The van der Waals surface area contributed by atoms with Gasteiger partial charge < -0.3 is 6.53 Å². The smallest absolute Gasteiger partial charge is 1.00 e. The summed E-state index contributed by atoms with van der Waals surface area (Å²) < 4.78 is 0. The van der Waals surface area contributed by atoms with Crippen molar-refractivity contribution in [2.75, 3.05) is 7.11 Å². The van der Waals surface area contributed by atoms with Crippen molar-refractivity contribution in [3.05, 3.63) is 0 Å². The second-order valence-electron chi connectivity index (χ2n) is 0. The Kier molecular flexibility index (Phi) is 246. The fourth-order valence-corrected chi connectivity index (χ4v) is 0. The first-order chi connectivity index (χ1) is 1.00. The summed E-state index contributed by atoms with van der Waals surface area (Å²) in [7, 11) is 1.00. The van der Waals surface area contributed by atoms with Gasteiger partial charge in [0.2, 0.25) is 0 Å². The first-order valence-electron chi connectivity index (χ1n) is 0.447. The van der Waals surface area contributed by atoms with Crippen molar-refractivity contribution >= 4 is 12.4 Å². The molecule has 0 unspecified atom stereocenters. The third-order valence-electron chi connectivity index (χ3n) is 0. The van der Waals surface area contributed by atoms with E-state index in [0.29, 0.717) is 0 Å². The van der Waals surface area contributed by atoms with E-state index >= 15 is 0 Å². The van der Waals surface area contributed by atoms with Gasteiger partial charge in [0.25, 0.3) is 0 Å². The molecular weight excluding hydrogens is 150 g/mol. The molecule has 0 aromatic rings. The van der Waals surface area contributed by atoms with Crippen molar-refractivity contribution in [1.29, 1.82) is 0 Å². The largest absolute Gasteiger partial charge is 1.00 e. The molecule has 0 aromatic heterocycles. The van der Waals surface area contributed by atoms with E-state index in [-0.39, 0.29) is 60.5 Å². The van der Waals surface area contributed by atoms with E-state index in [2.05, 4.69) is 0 Å². The maximum atomic E-state index is 7.00. The molecule has 0 aliphatic carbocycles. The molecular formula is CH6ClCuNaO. The minimum Gasteiger partial charge on any atom is -1.00 e. The molecule has 0 saturated carbocycles. The number of hydrogen-bond acceptors (Lipinski definition) is 1. The predicted molar refractivity (Wildman–Crippen MR) is 16.5 cm³/mol. The van der Waals surface area contributed by atoms with Gasteiger partial charge in [0.05, 0.1) is 0 Å². The molecule has 1 nitrogen and oxygen atoms in total. The van der Waals surface area contributed by atoms with E-state index in [1.165, 1.54) is 0 Å². The summed E-state index contributed by atoms with van der Waals surface area (Å²) in [6.07, 6.45) is 0. The molecule has 0 heterocycles. The first-order valence-corrected chi connectivity index (χ1v) is 0.447. The summed E-state index contributed by atoms with van der Waals surface area (Å²) in [5.74, 6) is 0. The Bertz CT molecular complexity index is 15.5. The van der Waals surface area contributed by atoms with Gasteiger partial charge in [-0.1, -0.05) is 0 Å². The van der Waals surface area contributed by atoms with Gasteiger partial charge in [-0.3, -0.25) is 0 Å². The van der Waals surface area contributed by atoms with Crippen molar-refractivity contribution in [2.45, 2.75) is 0 Å². The Labute approximate surface area is 72.2 Å². The Balaban J connectivity index is -0.000000000833. The molecule has 1 radical (unpaired) electrons. The Morgan fingerprint density at radius 3 is 1.40 bits per heavy atom. The molecule has 35 valence electrons. The van der Waals surface area contributed by atoms with Crippen LogP contribution in [0, 0.1) is 0 Å². The number of hydrogen-bond donors (Lipinski definition) is 1. The standard InChI is InChI=1S/CH4O.ClH.Cu.Na.H/c1-2;;;;/h2H,1H3;1H;;;/q;;;+1;-1. The topological polar surface area (TPSA) is 20.2 Å².